The number of rotatable bonds is 22. The van der Waals surface area contributed by atoms with Crippen molar-refractivity contribution in [3.8, 4) is 0 Å². The lowest BCUT2D eigenvalue weighted by Crippen LogP contribution is -2.60. The highest BCUT2D eigenvalue weighted by atomic mass is 32.1. The standard InChI is InChI=1S/C31H53N5O8S/c1-7-10-24(31(43)44)36(6)17-25(37)22(15-18(3)4)33-29(41)23(16-20-11-9-14-45-20)34-30(42)27(19(5)8-2)35-28(40)21(32)12-13-26(38)39/h9,11,14,18-19,21-25,27,37H,7-8,10,12-13,15-17,32H2,1-6H3,(H,33,41)(H,34,42)(H,35,40)(H,38,39)(H,43,44)/t19-,21-,22-,23-,24-,25+,27-/m0/s1. The number of hydrogen-bond acceptors (Lipinski definition) is 9. The number of carbonyl (C=O) groups excluding carboxylic acids is 3. The number of aliphatic hydroxyl groups is 1. The van der Waals surface area contributed by atoms with E-state index in [4.69, 9.17) is 10.8 Å². The van der Waals surface area contributed by atoms with Crippen molar-refractivity contribution in [2.24, 2.45) is 17.6 Å². The maximum atomic E-state index is 13.8. The van der Waals surface area contributed by atoms with Crippen molar-refractivity contribution < 1.29 is 39.3 Å². The number of nitrogens with zero attached hydrogens (tertiary/aromatic N) is 1. The first kappa shape index (κ1) is 40.0. The SMILES string of the molecule is CCC[C@@H](C(=O)O)N(C)C[C@@H](O)[C@H](CC(C)C)NC(=O)[C@H](Cc1cccs1)NC(=O)[C@@H](NC(=O)[C@@H](N)CCC(=O)O)[C@@H](C)CC. The fraction of sp³-hybridized carbons (Fsp3) is 0.710. The van der Waals surface area contributed by atoms with Crippen LogP contribution in [-0.2, 0) is 30.4 Å². The van der Waals surface area contributed by atoms with Crippen molar-refractivity contribution in [1.29, 1.82) is 0 Å². The van der Waals surface area contributed by atoms with E-state index < -0.39 is 66.0 Å². The minimum atomic E-state index is -1.12. The Morgan fingerprint density at radius 3 is 2.16 bits per heavy atom. The van der Waals surface area contributed by atoms with Gasteiger partial charge in [0.15, 0.2) is 0 Å². The Morgan fingerprint density at radius 2 is 1.64 bits per heavy atom. The summed E-state index contributed by atoms with van der Waals surface area (Å²) in [6.07, 6.45) is 0.676. The molecule has 0 aromatic carbocycles. The zero-order chi connectivity index (χ0) is 34.3. The van der Waals surface area contributed by atoms with Crippen LogP contribution in [0.4, 0.5) is 0 Å². The van der Waals surface area contributed by atoms with Gasteiger partial charge in [-0.05, 0) is 49.6 Å². The summed E-state index contributed by atoms with van der Waals surface area (Å²) in [6.45, 7) is 9.41. The molecule has 0 aliphatic carbocycles. The van der Waals surface area contributed by atoms with Crippen molar-refractivity contribution in [3.63, 3.8) is 0 Å². The molecule has 0 spiro atoms. The molecule has 0 radical (unpaired) electrons. The fourth-order valence-electron chi connectivity index (χ4n) is 4.93. The number of hydrogen-bond donors (Lipinski definition) is 7. The molecule has 0 saturated heterocycles. The van der Waals surface area contributed by atoms with E-state index in [-0.39, 0.29) is 37.6 Å². The first-order valence-corrected chi connectivity index (χ1v) is 16.5. The van der Waals surface area contributed by atoms with E-state index in [0.717, 1.165) is 4.88 Å². The van der Waals surface area contributed by atoms with Gasteiger partial charge in [-0.2, -0.15) is 0 Å². The van der Waals surface area contributed by atoms with Crippen molar-refractivity contribution in [3.05, 3.63) is 22.4 Å². The third-order valence-corrected chi connectivity index (χ3v) is 8.69. The smallest absolute Gasteiger partial charge is 0.320 e. The van der Waals surface area contributed by atoms with Crippen molar-refractivity contribution in [2.45, 2.75) is 116 Å². The maximum absolute atomic E-state index is 13.8. The Morgan fingerprint density at radius 1 is 0.978 bits per heavy atom. The summed E-state index contributed by atoms with van der Waals surface area (Å²) in [4.78, 5) is 65.2. The molecule has 7 atom stereocenters. The van der Waals surface area contributed by atoms with Gasteiger partial charge in [0.05, 0.1) is 18.2 Å². The van der Waals surface area contributed by atoms with Gasteiger partial charge in [-0.15, -0.1) is 11.3 Å². The number of amides is 3. The number of carboxylic acid groups (broad SMARTS) is 2. The van der Waals surface area contributed by atoms with E-state index in [9.17, 15) is 34.2 Å². The van der Waals surface area contributed by atoms with E-state index in [1.165, 1.54) is 11.3 Å². The Bertz CT molecular complexity index is 1090. The van der Waals surface area contributed by atoms with Crippen LogP contribution in [0.5, 0.6) is 0 Å². The van der Waals surface area contributed by atoms with Gasteiger partial charge in [-0.1, -0.05) is 53.5 Å². The highest BCUT2D eigenvalue weighted by Gasteiger charge is 2.34. The minimum absolute atomic E-state index is 0.0147. The van der Waals surface area contributed by atoms with Gasteiger partial charge in [0.25, 0.3) is 0 Å². The molecule has 0 unspecified atom stereocenters. The molecule has 0 aliphatic rings. The zero-order valence-corrected chi connectivity index (χ0v) is 28.1. The van der Waals surface area contributed by atoms with E-state index in [0.29, 0.717) is 25.7 Å². The summed E-state index contributed by atoms with van der Waals surface area (Å²) in [7, 11) is 1.63. The lowest BCUT2D eigenvalue weighted by atomic mass is 9.96. The van der Waals surface area contributed by atoms with Crippen LogP contribution in [-0.4, -0.2) is 99.8 Å². The minimum Gasteiger partial charge on any atom is -0.481 e. The van der Waals surface area contributed by atoms with Gasteiger partial charge < -0.3 is 37.0 Å². The molecular formula is C31H53N5O8S. The van der Waals surface area contributed by atoms with Gasteiger partial charge in [-0.25, -0.2) is 0 Å². The molecule has 45 heavy (non-hydrogen) atoms. The Kier molecular flexibility index (Phi) is 17.9. The predicted octanol–water partition coefficient (Wildman–Crippen LogP) is 1.58. The molecule has 0 bridgehead atoms. The molecule has 8 N–H and O–H groups in total. The van der Waals surface area contributed by atoms with Crippen LogP contribution >= 0.6 is 11.3 Å². The third kappa shape index (κ3) is 14.3. The van der Waals surface area contributed by atoms with Crippen LogP contribution in [0.15, 0.2) is 17.5 Å². The van der Waals surface area contributed by atoms with Gasteiger partial charge in [-0.3, -0.25) is 28.9 Å². The number of likely N-dealkylation sites (N-methyl/N-ethyl adjacent to an activating group) is 1. The van der Waals surface area contributed by atoms with Crippen molar-refractivity contribution >= 4 is 41.0 Å². The Labute approximate surface area is 270 Å². The molecule has 256 valence electrons. The van der Waals surface area contributed by atoms with Crippen LogP contribution in [0.3, 0.4) is 0 Å². The second-order valence-corrected chi connectivity index (χ2v) is 13.2. The van der Waals surface area contributed by atoms with Crippen molar-refractivity contribution in [1.82, 2.24) is 20.9 Å². The van der Waals surface area contributed by atoms with Crippen molar-refractivity contribution in [2.75, 3.05) is 13.6 Å². The van der Waals surface area contributed by atoms with E-state index in [1.807, 2.05) is 45.2 Å². The monoisotopic (exact) mass is 655 g/mol. The predicted molar refractivity (Wildman–Crippen MR) is 173 cm³/mol. The molecular weight excluding hydrogens is 602 g/mol. The second-order valence-electron chi connectivity index (χ2n) is 12.1. The van der Waals surface area contributed by atoms with Gasteiger partial charge in [0.1, 0.15) is 18.1 Å². The van der Waals surface area contributed by atoms with Gasteiger partial charge in [0.2, 0.25) is 17.7 Å². The number of nitrogens with two attached hydrogens (primary N) is 1. The zero-order valence-electron chi connectivity index (χ0n) is 27.3. The molecule has 0 aliphatic heterocycles. The van der Waals surface area contributed by atoms with Gasteiger partial charge in [0, 0.05) is 24.3 Å². The molecule has 3 amide bonds. The number of nitrogens with one attached hydrogen (secondary N) is 3. The Hall–Kier alpha value is -3.07. The topological polar surface area (TPSA) is 211 Å². The fourth-order valence-corrected chi connectivity index (χ4v) is 5.68. The lowest BCUT2D eigenvalue weighted by Gasteiger charge is -2.33. The highest BCUT2D eigenvalue weighted by molar-refractivity contribution is 7.09. The third-order valence-electron chi connectivity index (χ3n) is 7.79. The maximum Gasteiger partial charge on any atom is 0.320 e. The molecule has 1 heterocycles. The summed E-state index contributed by atoms with van der Waals surface area (Å²) in [5, 5.41) is 39.9. The lowest BCUT2D eigenvalue weighted by molar-refractivity contribution is -0.144. The summed E-state index contributed by atoms with van der Waals surface area (Å²) >= 11 is 1.41. The number of carboxylic acids is 2. The van der Waals surface area contributed by atoms with Crippen LogP contribution in [0.1, 0.15) is 78.0 Å². The van der Waals surface area contributed by atoms with Crippen LogP contribution < -0.4 is 21.7 Å². The molecule has 1 aromatic rings. The summed E-state index contributed by atoms with van der Waals surface area (Å²) < 4.78 is 0. The van der Waals surface area contributed by atoms with Crippen LogP contribution in [0, 0.1) is 11.8 Å². The average molecular weight is 656 g/mol. The number of aliphatic carboxylic acids is 2. The number of carbonyl (C=O) groups is 5. The molecule has 1 rings (SSSR count). The quantitative estimate of drug-likeness (QED) is 0.0958. The van der Waals surface area contributed by atoms with Crippen LogP contribution in [0.25, 0.3) is 0 Å². The largest absolute Gasteiger partial charge is 0.481 e. The van der Waals surface area contributed by atoms with E-state index in [2.05, 4.69) is 16.0 Å². The second kappa shape index (κ2) is 20.1. The highest BCUT2D eigenvalue weighted by Crippen LogP contribution is 2.16. The molecule has 14 heteroatoms. The first-order chi connectivity index (χ1) is 21.1. The molecule has 0 saturated carbocycles. The first-order valence-electron chi connectivity index (χ1n) is 15.6. The average Bonchev–Trinajstić information content (AvgIpc) is 3.48. The van der Waals surface area contributed by atoms with Crippen LogP contribution in [0.2, 0.25) is 0 Å². The molecule has 0 fully saturated rings. The van der Waals surface area contributed by atoms with E-state index >= 15 is 0 Å². The number of thiophene rings is 1. The van der Waals surface area contributed by atoms with Gasteiger partial charge >= 0.3 is 11.9 Å². The summed E-state index contributed by atoms with van der Waals surface area (Å²) in [5.41, 5.74) is 5.87. The Balaban J connectivity index is 3.20. The normalized spacial score (nSPS) is 16.2. The molecule has 1 aromatic heterocycles. The summed E-state index contributed by atoms with van der Waals surface area (Å²) in [6, 6.07) is -1.05. The molecule has 13 nitrogen and oxygen atoms in total. The van der Waals surface area contributed by atoms with E-state index in [1.54, 1.807) is 18.9 Å². The summed E-state index contributed by atoms with van der Waals surface area (Å²) in [5.74, 6) is -4.11. The number of aliphatic hydroxyl groups excluding tert-OH is 1.